The molecule has 0 atom stereocenters. The summed E-state index contributed by atoms with van der Waals surface area (Å²) in [6.07, 6.45) is 1.67. The van der Waals surface area contributed by atoms with Crippen LogP contribution in [0.5, 0.6) is 11.5 Å². The van der Waals surface area contributed by atoms with Gasteiger partial charge in [-0.15, -0.1) is 0 Å². The Balaban J connectivity index is 2.02. The maximum absolute atomic E-state index is 12.9. The first-order chi connectivity index (χ1) is 14.3. The number of morpholine rings is 1. The third-order valence-corrected chi connectivity index (χ3v) is 4.89. The van der Waals surface area contributed by atoms with Gasteiger partial charge in [0.15, 0.2) is 11.5 Å². The molecule has 3 rings (SSSR count). The molecule has 1 heterocycles. The molecule has 1 saturated heterocycles. The molecule has 0 radical (unpaired) electrons. The van der Waals surface area contributed by atoms with Crippen LogP contribution in [0.2, 0.25) is 5.02 Å². The maximum Gasteiger partial charge on any atom is 0.247 e. The number of hydrogen-bond acceptors (Lipinski definition) is 4. The second-order valence-corrected chi connectivity index (χ2v) is 8.52. The highest BCUT2D eigenvalue weighted by Gasteiger charge is 2.19. The number of carbonyl (C=O) groups excluding carboxylic acids is 1. The number of hydrogen-bond donors (Lipinski definition) is 0. The van der Waals surface area contributed by atoms with E-state index in [1.807, 2.05) is 63.2 Å². The summed E-state index contributed by atoms with van der Waals surface area (Å²) in [7, 11) is 1.61. The molecule has 6 heteroatoms. The van der Waals surface area contributed by atoms with Crippen LogP contribution in [0, 0.1) is 0 Å². The molecule has 0 unspecified atom stereocenters. The van der Waals surface area contributed by atoms with Gasteiger partial charge in [0.1, 0.15) is 5.60 Å². The van der Waals surface area contributed by atoms with Crippen LogP contribution in [-0.4, -0.2) is 49.8 Å². The van der Waals surface area contributed by atoms with E-state index in [2.05, 4.69) is 0 Å². The molecular weight excluding hydrogens is 402 g/mol. The first kappa shape index (κ1) is 22.2. The standard InChI is InChI=1S/C24H28ClNO4/c1-24(2,3)30-21-10-7-18(15-22(21)28-4)20(17-5-8-19(25)9-6-17)16-23(27)26-11-13-29-14-12-26/h5-10,15-16H,11-14H2,1-4H3. The number of methoxy groups -OCH3 is 1. The highest BCUT2D eigenvalue weighted by Crippen LogP contribution is 2.35. The topological polar surface area (TPSA) is 48.0 Å². The first-order valence-electron chi connectivity index (χ1n) is 9.98. The van der Waals surface area contributed by atoms with Gasteiger partial charge in [0.05, 0.1) is 20.3 Å². The molecule has 5 nitrogen and oxygen atoms in total. The lowest BCUT2D eigenvalue weighted by atomic mass is 9.96. The van der Waals surface area contributed by atoms with Gasteiger partial charge in [-0.1, -0.05) is 29.8 Å². The summed E-state index contributed by atoms with van der Waals surface area (Å²) in [6, 6.07) is 13.2. The van der Waals surface area contributed by atoms with Crippen LogP contribution in [0.25, 0.3) is 5.57 Å². The predicted octanol–water partition coefficient (Wildman–Crippen LogP) is 4.82. The van der Waals surface area contributed by atoms with E-state index in [0.717, 1.165) is 16.7 Å². The molecule has 1 aliphatic heterocycles. The Hall–Kier alpha value is -2.50. The molecule has 160 valence electrons. The van der Waals surface area contributed by atoms with Crippen molar-refractivity contribution in [3.63, 3.8) is 0 Å². The van der Waals surface area contributed by atoms with Crippen LogP contribution in [0.15, 0.2) is 48.5 Å². The van der Waals surface area contributed by atoms with E-state index in [9.17, 15) is 4.79 Å². The van der Waals surface area contributed by atoms with Crippen molar-refractivity contribution < 1.29 is 19.0 Å². The second-order valence-electron chi connectivity index (χ2n) is 8.08. The molecule has 0 aromatic heterocycles. The minimum atomic E-state index is -0.351. The maximum atomic E-state index is 12.9. The Kier molecular flexibility index (Phi) is 7.06. The summed E-state index contributed by atoms with van der Waals surface area (Å²) < 4.78 is 16.9. The molecule has 1 aliphatic rings. The van der Waals surface area contributed by atoms with Crippen molar-refractivity contribution in [3.05, 3.63) is 64.7 Å². The lowest BCUT2D eigenvalue weighted by molar-refractivity contribution is -0.129. The number of carbonyl (C=O) groups is 1. The third-order valence-electron chi connectivity index (χ3n) is 4.64. The Morgan fingerprint density at radius 3 is 2.27 bits per heavy atom. The number of rotatable bonds is 5. The summed E-state index contributed by atoms with van der Waals surface area (Å²) >= 11 is 6.07. The fourth-order valence-electron chi connectivity index (χ4n) is 3.21. The minimum absolute atomic E-state index is 0.0442. The van der Waals surface area contributed by atoms with Crippen LogP contribution in [0.3, 0.4) is 0 Å². The van der Waals surface area contributed by atoms with Crippen molar-refractivity contribution in [2.75, 3.05) is 33.4 Å². The van der Waals surface area contributed by atoms with Gasteiger partial charge in [-0.05, 0) is 61.7 Å². The van der Waals surface area contributed by atoms with Gasteiger partial charge < -0.3 is 19.1 Å². The number of nitrogens with zero attached hydrogens (tertiary/aromatic N) is 1. The largest absolute Gasteiger partial charge is 0.493 e. The number of amides is 1. The molecular formula is C24H28ClNO4. The van der Waals surface area contributed by atoms with Crippen molar-refractivity contribution in [2.45, 2.75) is 26.4 Å². The number of benzene rings is 2. The minimum Gasteiger partial charge on any atom is -0.493 e. The van der Waals surface area contributed by atoms with Gasteiger partial charge in [0.2, 0.25) is 5.91 Å². The van der Waals surface area contributed by atoms with Crippen molar-refractivity contribution in [3.8, 4) is 11.5 Å². The van der Waals surface area contributed by atoms with Crippen LogP contribution in [0.1, 0.15) is 31.9 Å². The van der Waals surface area contributed by atoms with E-state index in [0.29, 0.717) is 42.8 Å². The zero-order valence-corrected chi connectivity index (χ0v) is 18.7. The van der Waals surface area contributed by atoms with Gasteiger partial charge in [-0.25, -0.2) is 0 Å². The van der Waals surface area contributed by atoms with Crippen LogP contribution in [0.4, 0.5) is 0 Å². The quantitative estimate of drug-likeness (QED) is 0.639. The molecule has 0 N–H and O–H groups in total. The lowest BCUT2D eigenvalue weighted by Gasteiger charge is -2.26. The molecule has 1 amide bonds. The van der Waals surface area contributed by atoms with Crippen LogP contribution >= 0.6 is 11.6 Å². The molecule has 0 bridgehead atoms. The Morgan fingerprint density at radius 1 is 1.03 bits per heavy atom. The van der Waals surface area contributed by atoms with E-state index in [4.69, 9.17) is 25.8 Å². The highest BCUT2D eigenvalue weighted by atomic mass is 35.5. The normalized spacial score (nSPS) is 15.1. The summed E-state index contributed by atoms with van der Waals surface area (Å²) in [5, 5.41) is 0.643. The summed E-state index contributed by atoms with van der Waals surface area (Å²) in [5.74, 6) is 1.22. The lowest BCUT2D eigenvalue weighted by Crippen LogP contribution is -2.39. The van der Waals surface area contributed by atoms with E-state index < -0.39 is 0 Å². The van der Waals surface area contributed by atoms with Crippen molar-refractivity contribution in [1.29, 1.82) is 0 Å². The van der Waals surface area contributed by atoms with E-state index in [1.54, 1.807) is 18.1 Å². The molecule has 2 aromatic rings. The fraction of sp³-hybridized carbons (Fsp3) is 0.375. The van der Waals surface area contributed by atoms with E-state index in [-0.39, 0.29) is 11.5 Å². The first-order valence-corrected chi connectivity index (χ1v) is 10.4. The SMILES string of the molecule is COc1cc(C(=CC(=O)N2CCOCC2)c2ccc(Cl)cc2)ccc1OC(C)(C)C. The average Bonchev–Trinajstić information content (AvgIpc) is 2.72. The van der Waals surface area contributed by atoms with Crippen molar-refractivity contribution in [1.82, 2.24) is 4.90 Å². The Labute approximate surface area is 183 Å². The third kappa shape index (κ3) is 5.77. The van der Waals surface area contributed by atoms with Crippen LogP contribution in [-0.2, 0) is 9.53 Å². The molecule has 2 aromatic carbocycles. The highest BCUT2D eigenvalue weighted by molar-refractivity contribution is 6.30. The Morgan fingerprint density at radius 2 is 1.67 bits per heavy atom. The average molecular weight is 430 g/mol. The predicted molar refractivity (Wildman–Crippen MR) is 119 cm³/mol. The Bertz CT molecular complexity index is 910. The monoisotopic (exact) mass is 429 g/mol. The number of ether oxygens (including phenoxy) is 3. The molecule has 1 fully saturated rings. The molecule has 0 spiro atoms. The summed E-state index contributed by atoms with van der Waals surface area (Å²) in [6.45, 7) is 8.25. The molecule has 0 saturated carbocycles. The zero-order chi connectivity index (χ0) is 21.7. The summed E-state index contributed by atoms with van der Waals surface area (Å²) in [4.78, 5) is 14.7. The van der Waals surface area contributed by atoms with Crippen molar-refractivity contribution >= 4 is 23.1 Å². The van der Waals surface area contributed by atoms with E-state index >= 15 is 0 Å². The van der Waals surface area contributed by atoms with Crippen molar-refractivity contribution in [2.24, 2.45) is 0 Å². The van der Waals surface area contributed by atoms with Gasteiger partial charge in [-0.3, -0.25) is 4.79 Å². The van der Waals surface area contributed by atoms with Gasteiger partial charge in [0.25, 0.3) is 0 Å². The van der Waals surface area contributed by atoms with Gasteiger partial charge in [-0.2, -0.15) is 0 Å². The fourth-order valence-corrected chi connectivity index (χ4v) is 3.34. The van der Waals surface area contributed by atoms with Gasteiger partial charge >= 0.3 is 0 Å². The zero-order valence-electron chi connectivity index (χ0n) is 17.9. The number of halogens is 1. The summed E-state index contributed by atoms with van der Waals surface area (Å²) in [5.41, 5.74) is 2.20. The van der Waals surface area contributed by atoms with Crippen LogP contribution < -0.4 is 9.47 Å². The smallest absolute Gasteiger partial charge is 0.247 e. The molecule has 0 aliphatic carbocycles. The van der Waals surface area contributed by atoms with E-state index in [1.165, 1.54) is 0 Å². The molecule has 30 heavy (non-hydrogen) atoms. The van der Waals surface area contributed by atoms with Gasteiger partial charge in [0, 0.05) is 24.2 Å². The second kappa shape index (κ2) is 9.54.